The first kappa shape index (κ1) is 14.7. The maximum atomic E-state index is 12.5. The Hall–Kier alpha value is -1.88. The predicted octanol–water partition coefficient (Wildman–Crippen LogP) is 3.54. The second-order valence-electron chi connectivity index (χ2n) is 6.52. The summed E-state index contributed by atoms with van der Waals surface area (Å²) in [6.45, 7) is 2.53. The van der Waals surface area contributed by atoms with Gasteiger partial charge in [0.05, 0.1) is 6.54 Å². The molecule has 0 spiro atoms. The van der Waals surface area contributed by atoms with Gasteiger partial charge in [0.2, 0.25) is 17.7 Å². The Morgan fingerprint density at radius 1 is 1.30 bits per heavy atom. The van der Waals surface area contributed by atoms with Gasteiger partial charge >= 0.3 is 0 Å². The molecule has 1 aromatic carbocycles. The molecule has 1 amide bonds. The molecule has 0 aliphatic heterocycles. The zero-order valence-electron chi connectivity index (χ0n) is 12.9. The van der Waals surface area contributed by atoms with Gasteiger partial charge in [0.1, 0.15) is 0 Å². The van der Waals surface area contributed by atoms with Crippen LogP contribution in [0.1, 0.15) is 32.1 Å². The van der Waals surface area contributed by atoms with Crippen LogP contribution in [0.25, 0.3) is 11.5 Å². The maximum absolute atomic E-state index is 12.5. The highest BCUT2D eigenvalue weighted by Crippen LogP contribution is 2.42. The average Bonchev–Trinajstić information content (AvgIpc) is 3.46. The van der Waals surface area contributed by atoms with Crippen molar-refractivity contribution < 1.29 is 9.21 Å². The molecule has 0 N–H and O–H groups in total. The van der Waals surface area contributed by atoms with Crippen molar-refractivity contribution in [3.8, 4) is 11.5 Å². The number of hydrogen-bond donors (Lipinski definition) is 0. The van der Waals surface area contributed by atoms with Crippen LogP contribution in [0.3, 0.4) is 0 Å². The van der Waals surface area contributed by atoms with Crippen molar-refractivity contribution in [2.75, 3.05) is 0 Å². The van der Waals surface area contributed by atoms with E-state index in [1.165, 1.54) is 0 Å². The summed E-state index contributed by atoms with van der Waals surface area (Å²) in [5.41, 5.74) is 0.827. The van der Waals surface area contributed by atoms with Crippen molar-refractivity contribution in [3.63, 3.8) is 0 Å². The summed E-state index contributed by atoms with van der Waals surface area (Å²) in [6, 6.07) is 7.61. The number of amides is 1. The molecule has 1 aromatic heterocycles. The van der Waals surface area contributed by atoms with E-state index in [2.05, 4.69) is 17.1 Å². The molecule has 2 aromatic rings. The summed E-state index contributed by atoms with van der Waals surface area (Å²) >= 11 is 5.89. The van der Waals surface area contributed by atoms with Gasteiger partial charge in [0.15, 0.2) is 0 Å². The normalized spacial score (nSPS) is 22.9. The third kappa shape index (κ3) is 3.11. The molecule has 0 radical (unpaired) electrons. The van der Waals surface area contributed by atoms with E-state index in [9.17, 15) is 4.79 Å². The lowest BCUT2D eigenvalue weighted by Gasteiger charge is -2.20. The first-order chi connectivity index (χ1) is 11.1. The molecule has 2 aliphatic rings. The van der Waals surface area contributed by atoms with Gasteiger partial charge in [-0.3, -0.25) is 4.79 Å². The third-order valence-electron chi connectivity index (χ3n) is 4.56. The Bertz CT molecular complexity index is 724. The predicted molar refractivity (Wildman–Crippen MR) is 85.6 cm³/mol. The Kier molecular flexibility index (Phi) is 3.60. The number of rotatable bonds is 5. The fourth-order valence-corrected chi connectivity index (χ4v) is 2.95. The van der Waals surface area contributed by atoms with E-state index in [4.69, 9.17) is 16.0 Å². The summed E-state index contributed by atoms with van der Waals surface area (Å²) in [5.74, 6) is 1.89. The summed E-state index contributed by atoms with van der Waals surface area (Å²) in [6.07, 6.45) is 3.15. The Morgan fingerprint density at radius 2 is 2.00 bits per heavy atom. The zero-order valence-corrected chi connectivity index (χ0v) is 13.7. The van der Waals surface area contributed by atoms with Crippen LogP contribution in [-0.2, 0) is 11.3 Å². The first-order valence-electron chi connectivity index (χ1n) is 8.00. The van der Waals surface area contributed by atoms with Crippen LogP contribution in [0, 0.1) is 11.8 Å². The molecule has 5 nitrogen and oxygen atoms in total. The summed E-state index contributed by atoms with van der Waals surface area (Å²) in [5, 5.41) is 8.85. The number of carbonyl (C=O) groups excluding carboxylic acids is 1. The van der Waals surface area contributed by atoms with E-state index in [0.29, 0.717) is 35.3 Å². The summed E-state index contributed by atoms with van der Waals surface area (Å²) in [7, 11) is 0. The van der Waals surface area contributed by atoms with Crippen molar-refractivity contribution >= 4 is 17.5 Å². The van der Waals surface area contributed by atoms with Crippen LogP contribution in [0.5, 0.6) is 0 Å². The van der Waals surface area contributed by atoms with Crippen molar-refractivity contribution in [2.24, 2.45) is 11.8 Å². The minimum atomic E-state index is 0.189. The van der Waals surface area contributed by atoms with Crippen LogP contribution in [0.2, 0.25) is 5.02 Å². The zero-order chi connectivity index (χ0) is 16.0. The van der Waals surface area contributed by atoms with Crippen molar-refractivity contribution in [1.82, 2.24) is 15.1 Å². The standard InChI is InChI=1S/C17H18ClN3O2/c1-10-8-14(10)17(22)21(13-6-7-13)9-15-19-20-16(23-15)11-2-4-12(18)5-3-11/h2-5,10,13-14H,6-9H2,1H3. The molecule has 4 rings (SSSR count). The van der Waals surface area contributed by atoms with Crippen molar-refractivity contribution in [3.05, 3.63) is 35.2 Å². The molecule has 6 heteroatoms. The Balaban J connectivity index is 1.49. The molecule has 0 bridgehead atoms. The van der Waals surface area contributed by atoms with Crippen molar-refractivity contribution in [1.29, 1.82) is 0 Å². The van der Waals surface area contributed by atoms with Gasteiger partial charge < -0.3 is 9.32 Å². The number of benzene rings is 1. The number of nitrogens with zero attached hydrogens (tertiary/aromatic N) is 3. The minimum absolute atomic E-state index is 0.189. The molecule has 2 atom stereocenters. The largest absolute Gasteiger partial charge is 0.419 e. The van der Waals surface area contributed by atoms with Crippen LogP contribution in [0.15, 0.2) is 28.7 Å². The first-order valence-corrected chi connectivity index (χ1v) is 8.38. The smallest absolute Gasteiger partial charge is 0.247 e. The van der Waals surface area contributed by atoms with Crippen molar-refractivity contribution in [2.45, 2.75) is 38.8 Å². The molecule has 2 saturated carbocycles. The monoisotopic (exact) mass is 331 g/mol. The molecule has 120 valence electrons. The lowest BCUT2D eigenvalue weighted by molar-refractivity contribution is -0.134. The van der Waals surface area contributed by atoms with E-state index >= 15 is 0 Å². The van der Waals surface area contributed by atoms with Gasteiger partial charge in [-0.15, -0.1) is 10.2 Å². The molecular formula is C17H18ClN3O2. The number of halogens is 1. The highest BCUT2D eigenvalue weighted by Gasteiger charge is 2.45. The molecule has 23 heavy (non-hydrogen) atoms. The van der Waals surface area contributed by atoms with Gasteiger partial charge in [-0.05, 0) is 49.4 Å². The van der Waals surface area contributed by atoms with E-state index in [1.807, 2.05) is 17.0 Å². The quantitative estimate of drug-likeness (QED) is 0.840. The van der Waals surface area contributed by atoms with Crippen LogP contribution < -0.4 is 0 Å². The van der Waals surface area contributed by atoms with Gasteiger partial charge in [-0.25, -0.2) is 0 Å². The second-order valence-corrected chi connectivity index (χ2v) is 6.96. The van der Waals surface area contributed by atoms with E-state index < -0.39 is 0 Å². The van der Waals surface area contributed by atoms with Crippen LogP contribution >= 0.6 is 11.6 Å². The summed E-state index contributed by atoms with van der Waals surface area (Å²) in [4.78, 5) is 14.5. The highest BCUT2D eigenvalue weighted by atomic mass is 35.5. The second kappa shape index (κ2) is 5.64. The Morgan fingerprint density at radius 3 is 2.61 bits per heavy atom. The Labute approximate surface area is 139 Å². The van der Waals surface area contributed by atoms with Crippen LogP contribution in [0.4, 0.5) is 0 Å². The topological polar surface area (TPSA) is 59.2 Å². The number of aromatic nitrogens is 2. The van der Waals surface area contributed by atoms with E-state index in [1.54, 1.807) is 12.1 Å². The number of hydrogen-bond acceptors (Lipinski definition) is 4. The minimum Gasteiger partial charge on any atom is -0.419 e. The average molecular weight is 332 g/mol. The van der Waals surface area contributed by atoms with Gasteiger partial charge in [0, 0.05) is 22.5 Å². The molecular weight excluding hydrogens is 314 g/mol. The molecule has 2 unspecified atom stereocenters. The van der Waals surface area contributed by atoms with E-state index in [0.717, 1.165) is 24.8 Å². The maximum Gasteiger partial charge on any atom is 0.247 e. The molecule has 1 heterocycles. The lowest BCUT2D eigenvalue weighted by atomic mass is 10.2. The molecule has 2 fully saturated rings. The fourth-order valence-electron chi connectivity index (χ4n) is 2.82. The number of carbonyl (C=O) groups is 1. The van der Waals surface area contributed by atoms with Gasteiger partial charge in [-0.1, -0.05) is 18.5 Å². The third-order valence-corrected chi connectivity index (χ3v) is 4.81. The molecule has 2 aliphatic carbocycles. The van der Waals surface area contributed by atoms with E-state index in [-0.39, 0.29) is 11.8 Å². The van der Waals surface area contributed by atoms with Gasteiger partial charge in [0.25, 0.3) is 0 Å². The van der Waals surface area contributed by atoms with Crippen LogP contribution in [-0.4, -0.2) is 27.0 Å². The fraction of sp³-hybridized carbons (Fsp3) is 0.471. The molecule has 0 saturated heterocycles. The lowest BCUT2D eigenvalue weighted by Crippen LogP contribution is -2.34. The highest BCUT2D eigenvalue weighted by molar-refractivity contribution is 6.30. The summed E-state index contributed by atoms with van der Waals surface area (Å²) < 4.78 is 5.74. The SMILES string of the molecule is CC1CC1C(=O)N(Cc1nnc(-c2ccc(Cl)cc2)o1)C1CC1. The van der Waals surface area contributed by atoms with Gasteiger partial charge in [-0.2, -0.15) is 0 Å².